The molecule has 2 aliphatic rings. The second-order valence-electron chi connectivity index (χ2n) is 7.25. The molecule has 2 aliphatic heterocycles. The summed E-state index contributed by atoms with van der Waals surface area (Å²) in [6, 6.07) is 8.97. The maximum atomic E-state index is 12.3. The van der Waals surface area contributed by atoms with Crippen molar-refractivity contribution in [3.8, 4) is 22.7 Å². The lowest BCUT2D eigenvalue weighted by Crippen LogP contribution is -2.35. The molecule has 11 nitrogen and oxygen atoms in total. The van der Waals surface area contributed by atoms with Crippen LogP contribution in [-0.4, -0.2) is 49.8 Å². The standard InChI is InChI=1S/C19H17N4O7P/c1-10-21-22-18(29-10)14-4-2-12(8-20-14)11-3-5-15-13(6-11)7-16-17(9-28-31(25,26)27)30-19(24)23(15)16/h2-6,8,16-17H,7,9H2,1H3,(H2,25,26,27). The molecule has 12 heteroatoms. The molecule has 3 aromatic rings. The van der Waals surface area contributed by atoms with Crippen molar-refractivity contribution < 1.29 is 32.8 Å². The molecule has 2 unspecified atom stereocenters. The molecule has 1 amide bonds. The average molecular weight is 444 g/mol. The molecule has 0 radical (unpaired) electrons. The summed E-state index contributed by atoms with van der Waals surface area (Å²) in [4.78, 5) is 36.1. The lowest BCUT2D eigenvalue weighted by atomic mass is 10.0. The number of cyclic esters (lactones) is 1. The van der Waals surface area contributed by atoms with Crippen molar-refractivity contribution in [3.63, 3.8) is 0 Å². The van der Waals surface area contributed by atoms with Crippen LogP contribution < -0.4 is 4.90 Å². The predicted octanol–water partition coefficient (Wildman–Crippen LogP) is 2.47. The van der Waals surface area contributed by atoms with Gasteiger partial charge in [-0.15, -0.1) is 10.2 Å². The second kappa shape index (κ2) is 7.24. The number of benzene rings is 1. The number of carbonyl (C=O) groups excluding carboxylic acids is 1. The summed E-state index contributed by atoms with van der Waals surface area (Å²) in [5.74, 6) is 0.809. The Hall–Kier alpha value is -3.11. The van der Waals surface area contributed by atoms with Crippen LogP contribution in [0.25, 0.3) is 22.7 Å². The van der Waals surface area contributed by atoms with E-state index in [2.05, 4.69) is 19.7 Å². The lowest BCUT2D eigenvalue weighted by molar-refractivity contribution is 0.0761. The molecule has 2 N–H and O–H groups in total. The molecule has 31 heavy (non-hydrogen) atoms. The van der Waals surface area contributed by atoms with Crippen molar-refractivity contribution in [2.24, 2.45) is 0 Å². The van der Waals surface area contributed by atoms with E-state index in [1.807, 2.05) is 24.3 Å². The van der Waals surface area contributed by atoms with E-state index in [9.17, 15) is 9.36 Å². The van der Waals surface area contributed by atoms with Crippen molar-refractivity contribution in [1.29, 1.82) is 0 Å². The van der Waals surface area contributed by atoms with Crippen LogP contribution in [0.3, 0.4) is 0 Å². The first kappa shape index (κ1) is 19.8. The number of hydrogen-bond donors (Lipinski definition) is 2. The van der Waals surface area contributed by atoms with Gasteiger partial charge in [0.05, 0.1) is 18.3 Å². The Morgan fingerprint density at radius 2 is 2.03 bits per heavy atom. The molecular formula is C19H17N4O7P. The minimum absolute atomic E-state index is 0.348. The maximum Gasteiger partial charge on any atom is 0.469 e. The Morgan fingerprint density at radius 3 is 2.71 bits per heavy atom. The summed E-state index contributed by atoms with van der Waals surface area (Å²) in [6.45, 7) is 1.33. The maximum absolute atomic E-state index is 12.3. The summed E-state index contributed by atoms with van der Waals surface area (Å²) in [5, 5.41) is 7.75. The van der Waals surface area contributed by atoms with Gasteiger partial charge in [-0.25, -0.2) is 9.36 Å². The third-order valence-electron chi connectivity index (χ3n) is 5.23. The zero-order chi connectivity index (χ0) is 21.8. The fourth-order valence-electron chi connectivity index (χ4n) is 3.86. The summed E-state index contributed by atoms with van der Waals surface area (Å²) in [7, 11) is -4.65. The number of carbonyl (C=O) groups is 1. The Kier molecular flexibility index (Phi) is 4.63. The van der Waals surface area contributed by atoms with Gasteiger partial charge < -0.3 is 18.9 Å². The SMILES string of the molecule is Cc1nnc(-c2ccc(-c3ccc4c(c3)CC3C(COP(=O)(O)O)OC(=O)N43)cn2)o1. The van der Waals surface area contributed by atoms with Crippen LogP contribution in [0.4, 0.5) is 10.5 Å². The Bertz CT molecular complexity index is 1210. The van der Waals surface area contributed by atoms with Gasteiger partial charge in [0.2, 0.25) is 5.89 Å². The number of aromatic nitrogens is 3. The number of phosphoric ester groups is 1. The fraction of sp³-hybridized carbons (Fsp3) is 0.263. The summed E-state index contributed by atoms with van der Waals surface area (Å²) in [6.07, 6.45) is 0.862. The number of anilines is 1. The van der Waals surface area contributed by atoms with Crippen molar-refractivity contribution in [3.05, 3.63) is 48.0 Å². The van der Waals surface area contributed by atoms with Crippen LogP contribution in [0, 0.1) is 6.92 Å². The van der Waals surface area contributed by atoms with E-state index in [0.717, 1.165) is 16.7 Å². The number of ether oxygens (including phenoxy) is 1. The van der Waals surface area contributed by atoms with Gasteiger partial charge in [-0.05, 0) is 35.7 Å². The van der Waals surface area contributed by atoms with Crippen LogP contribution in [-0.2, 0) is 20.2 Å². The van der Waals surface area contributed by atoms with Crippen molar-refractivity contribution in [1.82, 2.24) is 15.2 Å². The van der Waals surface area contributed by atoms with Crippen LogP contribution in [0.5, 0.6) is 0 Å². The highest BCUT2D eigenvalue weighted by atomic mass is 31.2. The molecule has 2 atom stereocenters. The van der Waals surface area contributed by atoms with E-state index in [-0.39, 0.29) is 12.6 Å². The number of aryl methyl sites for hydroxylation is 1. The van der Waals surface area contributed by atoms with Crippen LogP contribution in [0.1, 0.15) is 11.5 Å². The molecule has 0 saturated carbocycles. The third-order valence-corrected chi connectivity index (χ3v) is 5.71. The number of hydrogen-bond acceptors (Lipinski definition) is 8. The van der Waals surface area contributed by atoms with Crippen LogP contribution in [0.2, 0.25) is 0 Å². The average Bonchev–Trinajstić information content (AvgIpc) is 3.41. The number of pyridine rings is 1. The number of fused-ring (bicyclic) bond motifs is 3. The van der Waals surface area contributed by atoms with Gasteiger partial charge in [-0.2, -0.15) is 0 Å². The van der Waals surface area contributed by atoms with Crippen LogP contribution >= 0.6 is 7.82 Å². The minimum atomic E-state index is -4.65. The molecule has 0 spiro atoms. The van der Waals surface area contributed by atoms with E-state index in [1.54, 1.807) is 19.2 Å². The highest BCUT2D eigenvalue weighted by Gasteiger charge is 2.48. The number of phosphoric acid groups is 1. The normalized spacial score (nSPS) is 20.0. The monoisotopic (exact) mass is 444 g/mol. The highest BCUT2D eigenvalue weighted by Crippen LogP contribution is 2.42. The second-order valence-corrected chi connectivity index (χ2v) is 8.49. The molecule has 0 bridgehead atoms. The van der Waals surface area contributed by atoms with E-state index in [1.165, 1.54) is 4.90 Å². The Morgan fingerprint density at radius 1 is 1.23 bits per heavy atom. The molecule has 2 aromatic heterocycles. The van der Waals surface area contributed by atoms with E-state index in [4.69, 9.17) is 18.9 Å². The summed E-state index contributed by atoms with van der Waals surface area (Å²) in [5.41, 5.74) is 4.00. The molecule has 5 rings (SSSR count). The Labute approximate surface area is 175 Å². The van der Waals surface area contributed by atoms with Gasteiger partial charge in [0.25, 0.3) is 5.89 Å². The highest BCUT2D eigenvalue weighted by molar-refractivity contribution is 7.46. The van der Waals surface area contributed by atoms with Crippen molar-refractivity contribution >= 4 is 19.6 Å². The fourth-order valence-corrected chi connectivity index (χ4v) is 4.20. The van der Waals surface area contributed by atoms with Crippen molar-refractivity contribution in [2.45, 2.75) is 25.5 Å². The zero-order valence-electron chi connectivity index (χ0n) is 16.2. The Balaban J connectivity index is 1.37. The zero-order valence-corrected chi connectivity index (χ0v) is 17.1. The smallest absolute Gasteiger partial charge is 0.441 e. The minimum Gasteiger partial charge on any atom is -0.441 e. The van der Waals surface area contributed by atoms with Gasteiger partial charge in [0, 0.05) is 18.7 Å². The van der Waals surface area contributed by atoms with Crippen LogP contribution in [0.15, 0.2) is 40.9 Å². The summed E-state index contributed by atoms with van der Waals surface area (Å²) >= 11 is 0. The first-order valence-corrected chi connectivity index (χ1v) is 10.9. The summed E-state index contributed by atoms with van der Waals surface area (Å²) < 4.78 is 26.2. The quantitative estimate of drug-likeness (QED) is 0.562. The van der Waals surface area contributed by atoms with Gasteiger partial charge in [0.1, 0.15) is 11.8 Å². The van der Waals surface area contributed by atoms with Gasteiger partial charge in [-0.1, -0.05) is 12.1 Å². The van der Waals surface area contributed by atoms with Crippen molar-refractivity contribution in [2.75, 3.05) is 11.5 Å². The molecule has 1 aromatic carbocycles. The largest absolute Gasteiger partial charge is 0.469 e. The van der Waals surface area contributed by atoms with Gasteiger partial charge in [-0.3, -0.25) is 14.4 Å². The van der Waals surface area contributed by atoms with E-state index < -0.39 is 20.0 Å². The third kappa shape index (κ3) is 3.72. The molecule has 4 heterocycles. The molecule has 160 valence electrons. The molecular weight excluding hydrogens is 427 g/mol. The van der Waals surface area contributed by atoms with E-state index in [0.29, 0.717) is 29.6 Å². The topological polar surface area (TPSA) is 148 Å². The van der Waals surface area contributed by atoms with Gasteiger partial charge >= 0.3 is 13.9 Å². The predicted molar refractivity (Wildman–Crippen MR) is 106 cm³/mol. The number of amides is 1. The van der Waals surface area contributed by atoms with E-state index >= 15 is 0 Å². The number of rotatable bonds is 5. The lowest BCUT2D eigenvalue weighted by Gasteiger charge is -2.16. The van der Waals surface area contributed by atoms with Gasteiger partial charge in [0.15, 0.2) is 0 Å². The first-order chi connectivity index (χ1) is 14.8. The number of nitrogens with zero attached hydrogens (tertiary/aromatic N) is 4. The molecule has 1 saturated heterocycles. The molecule has 0 aliphatic carbocycles. The first-order valence-electron chi connectivity index (χ1n) is 9.38. The molecule has 1 fully saturated rings.